The van der Waals surface area contributed by atoms with Crippen LogP contribution in [0, 0.1) is 6.92 Å². The van der Waals surface area contributed by atoms with Crippen molar-refractivity contribution in [1.82, 2.24) is 9.97 Å². The minimum atomic E-state index is -0.127. The number of fused-ring (bicyclic) bond motifs is 1. The van der Waals surface area contributed by atoms with Crippen LogP contribution in [0.1, 0.15) is 15.9 Å². The molecule has 0 spiro atoms. The summed E-state index contributed by atoms with van der Waals surface area (Å²) in [5, 5.41) is 3.88. The van der Waals surface area contributed by atoms with E-state index in [1.165, 1.54) is 0 Å². The summed E-state index contributed by atoms with van der Waals surface area (Å²) in [4.78, 5) is 20.2. The van der Waals surface area contributed by atoms with Gasteiger partial charge in [0.05, 0.1) is 11.9 Å². The van der Waals surface area contributed by atoms with Crippen molar-refractivity contribution < 1.29 is 4.79 Å². The molecule has 0 fully saturated rings. The summed E-state index contributed by atoms with van der Waals surface area (Å²) in [5.41, 5.74) is 5.20. The van der Waals surface area contributed by atoms with Gasteiger partial charge in [-0.2, -0.15) is 0 Å². The Morgan fingerprint density at radius 1 is 1.00 bits per heavy atom. The standard InChI is InChI=1S/C21H17N3O/c1-14-7-5-6-10-18(14)21(25)23-17-11-16-12-19(24-20(16)22-13-17)15-8-3-2-4-9-15/h2-13H,1H3,(H,22,24)(H,23,25). The second-order valence-electron chi connectivity index (χ2n) is 5.98. The lowest BCUT2D eigenvalue weighted by Gasteiger charge is -2.07. The van der Waals surface area contributed by atoms with Crippen molar-refractivity contribution in [3.05, 3.63) is 84.1 Å². The molecule has 0 unspecified atom stereocenters. The molecule has 0 aliphatic rings. The van der Waals surface area contributed by atoms with Gasteiger partial charge in [0.25, 0.3) is 5.91 Å². The van der Waals surface area contributed by atoms with Crippen LogP contribution in [0.4, 0.5) is 5.69 Å². The SMILES string of the molecule is Cc1ccccc1C(=O)Nc1cnc2[nH]c(-c3ccccc3)cc2c1. The molecular weight excluding hydrogens is 310 g/mol. The summed E-state index contributed by atoms with van der Waals surface area (Å²) < 4.78 is 0. The molecule has 2 heterocycles. The number of hydrogen-bond donors (Lipinski definition) is 2. The zero-order valence-corrected chi connectivity index (χ0v) is 13.8. The van der Waals surface area contributed by atoms with Crippen molar-refractivity contribution in [3.63, 3.8) is 0 Å². The fraction of sp³-hybridized carbons (Fsp3) is 0.0476. The van der Waals surface area contributed by atoms with Gasteiger partial charge in [0.2, 0.25) is 0 Å². The van der Waals surface area contributed by atoms with Crippen molar-refractivity contribution in [2.75, 3.05) is 5.32 Å². The number of carbonyl (C=O) groups is 1. The number of nitrogens with zero attached hydrogens (tertiary/aromatic N) is 1. The molecule has 4 heteroatoms. The van der Waals surface area contributed by atoms with Gasteiger partial charge in [-0.3, -0.25) is 4.79 Å². The minimum absolute atomic E-state index is 0.127. The quantitative estimate of drug-likeness (QED) is 0.568. The third kappa shape index (κ3) is 3.02. The van der Waals surface area contributed by atoms with Gasteiger partial charge in [0.1, 0.15) is 5.65 Å². The summed E-state index contributed by atoms with van der Waals surface area (Å²) in [6, 6.07) is 21.6. The smallest absolute Gasteiger partial charge is 0.255 e. The maximum atomic E-state index is 12.5. The van der Waals surface area contributed by atoms with Crippen LogP contribution in [-0.2, 0) is 0 Å². The highest BCUT2D eigenvalue weighted by molar-refractivity contribution is 6.05. The maximum absolute atomic E-state index is 12.5. The molecular formula is C21H17N3O. The number of aryl methyl sites for hydroxylation is 1. The average molecular weight is 327 g/mol. The molecule has 0 aliphatic heterocycles. The Morgan fingerprint density at radius 2 is 1.76 bits per heavy atom. The van der Waals surface area contributed by atoms with Crippen molar-refractivity contribution in [3.8, 4) is 11.3 Å². The van der Waals surface area contributed by atoms with E-state index in [0.29, 0.717) is 11.3 Å². The summed E-state index contributed by atoms with van der Waals surface area (Å²) in [6.45, 7) is 1.93. The van der Waals surface area contributed by atoms with Crippen LogP contribution in [0.15, 0.2) is 72.9 Å². The van der Waals surface area contributed by atoms with Gasteiger partial charge >= 0.3 is 0 Å². The number of aromatic amines is 1. The molecule has 4 rings (SSSR count). The van der Waals surface area contributed by atoms with E-state index >= 15 is 0 Å². The Hall–Kier alpha value is -3.40. The minimum Gasteiger partial charge on any atom is -0.339 e. The molecule has 122 valence electrons. The van der Waals surface area contributed by atoms with Crippen LogP contribution < -0.4 is 5.32 Å². The number of aromatic nitrogens is 2. The normalized spacial score (nSPS) is 10.8. The highest BCUT2D eigenvalue weighted by Gasteiger charge is 2.10. The molecule has 2 aromatic carbocycles. The zero-order valence-electron chi connectivity index (χ0n) is 13.8. The number of rotatable bonds is 3. The van der Waals surface area contributed by atoms with Gasteiger partial charge in [-0.1, -0.05) is 48.5 Å². The Balaban J connectivity index is 1.63. The van der Waals surface area contributed by atoms with Crippen molar-refractivity contribution in [2.24, 2.45) is 0 Å². The lowest BCUT2D eigenvalue weighted by molar-refractivity contribution is 0.102. The van der Waals surface area contributed by atoms with Crippen molar-refractivity contribution >= 4 is 22.6 Å². The number of pyridine rings is 1. The largest absolute Gasteiger partial charge is 0.339 e. The number of anilines is 1. The molecule has 0 aliphatic carbocycles. The van der Waals surface area contributed by atoms with E-state index in [-0.39, 0.29) is 5.91 Å². The Labute approximate surface area is 145 Å². The first-order chi connectivity index (χ1) is 12.2. The number of H-pyrrole nitrogens is 1. The first kappa shape index (κ1) is 15.1. The first-order valence-corrected chi connectivity index (χ1v) is 8.12. The average Bonchev–Trinajstić information content (AvgIpc) is 3.06. The third-order valence-corrected chi connectivity index (χ3v) is 4.20. The third-order valence-electron chi connectivity index (χ3n) is 4.20. The van der Waals surface area contributed by atoms with E-state index < -0.39 is 0 Å². The Kier molecular flexibility index (Phi) is 3.78. The summed E-state index contributed by atoms with van der Waals surface area (Å²) in [7, 11) is 0. The van der Waals surface area contributed by atoms with E-state index in [4.69, 9.17) is 0 Å². The molecule has 4 nitrogen and oxygen atoms in total. The second kappa shape index (κ2) is 6.24. The van der Waals surface area contributed by atoms with E-state index in [9.17, 15) is 4.79 Å². The molecule has 2 aromatic heterocycles. The lowest BCUT2D eigenvalue weighted by Crippen LogP contribution is -2.13. The number of amides is 1. The first-order valence-electron chi connectivity index (χ1n) is 8.12. The number of benzene rings is 2. The van der Waals surface area contributed by atoms with Gasteiger partial charge in [-0.15, -0.1) is 0 Å². The van der Waals surface area contributed by atoms with Crippen LogP contribution in [-0.4, -0.2) is 15.9 Å². The van der Waals surface area contributed by atoms with E-state index in [2.05, 4.69) is 15.3 Å². The molecule has 0 saturated heterocycles. The Bertz CT molecular complexity index is 1050. The van der Waals surface area contributed by atoms with Crippen LogP contribution in [0.2, 0.25) is 0 Å². The van der Waals surface area contributed by atoms with Gasteiger partial charge in [-0.05, 0) is 36.2 Å². The summed E-state index contributed by atoms with van der Waals surface area (Å²) >= 11 is 0. The number of carbonyl (C=O) groups excluding carboxylic acids is 1. The molecule has 0 atom stereocenters. The molecule has 25 heavy (non-hydrogen) atoms. The maximum Gasteiger partial charge on any atom is 0.255 e. The van der Waals surface area contributed by atoms with Gasteiger partial charge in [0, 0.05) is 16.6 Å². The molecule has 1 amide bonds. The topological polar surface area (TPSA) is 57.8 Å². The molecule has 0 saturated carbocycles. The fourth-order valence-electron chi connectivity index (χ4n) is 2.88. The lowest BCUT2D eigenvalue weighted by atomic mass is 10.1. The monoisotopic (exact) mass is 327 g/mol. The van der Waals surface area contributed by atoms with Crippen LogP contribution in [0.25, 0.3) is 22.3 Å². The highest BCUT2D eigenvalue weighted by Crippen LogP contribution is 2.25. The highest BCUT2D eigenvalue weighted by atomic mass is 16.1. The summed E-state index contributed by atoms with van der Waals surface area (Å²) in [5.74, 6) is -0.127. The molecule has 0 radical (unpaired) electrons. The van der Waals surface area contributed by atoms with Crippen molar-refractivity contribution in [1.29, 1.82) is 0 Å². The van der Waals surface area contributed by atoms with Gasteiger partial charge in [0.15, 0.2) is 0 Å². The van der Waals surface area contributed by atoms with Gasteiger partial charge < -0.3 is 10.3 Å². The van der Waals surface area contributed by atoms with Crippen LogP contribution in [0.5, 0.6) is 0 Å². The molecule has 2 N–H and O–H groups in total. The van der Waals surface area contributed by atoms with E-state index in [1.54, 1.807) is 6.20 Å². The molecule has 4 aromatic rings. The fourth-order valence-corrected chi connectivity index (χ4v) is 2.88. The summed E-state index contributed by atoms with van der Waals surface area (Å²) in [6.07, 6.45) is 1.67. The zero-order chi connectivity index (χ0) is 17.2. The second-order valence-corrected chi connectivity index (χ2v) is 5.98. The Morgan fingerprint density at radius 3 is 2.56 bits per heavy atom. The van der Waals surface area contributed by atoms with Crippen molar-refractivity contribution in [2.45, 2.75) is 6.92 Å². The van der Waals surface area contributed by atoms with Crippen LogP contribution in [0.3, 0.4) is 0 Å². The number of nitrogens with one attached hydrogen (secondary N) is 2. The molecule has 0 bridgehead atoms. The predicted octanol–water partition coefficient (Wildman–Crippen LogP) is 4.79. The number of hydrogen-bond acceptors (Lipinski definition) is 2. The van der Waals surface area contributed by atoms with Gasteiger partial charge in [-0.25, -0.2) is 4.98 Å². The van der Waals surface area contributed by atoms with E-state index in [0.717, 1.165) is 27.9 Å². The van der Waals surface area contributed by atoms with Crippen LogP contribution >= 0.6 is 0 Å². The predicted molar refractivity (Wildman–Crippen MR) is 101 cm³/mol. The van der Waals surface area contributed by atoms with E-state index in [1.807, 2.05) is 73.7 Å².